The third kappa shape index (κ3) is 6.09. The van der Waals surface area contributed by atoms with Crippen molar-refractivity contribution in [3.8, 4) is 0 Å². The van der Waals surface area contributed by atoms with E-state index in [2.05, 4.69) is 69.8 Å². The number of aryl methyl sites for hydroxylation is 1. The minimum absolute atomic E-state index is 0. The zero-order chi connectivity index (χ0) is 19.1. The van der Waals surface area contributed by atoms with Gasteiger partial charge in [-0.05, 0) is 38.3 Å². The van der Waals surface area contributed by atoms with Crippen LogP contribution in [-0.4, -0.2) is 67.8 Å². The Labute approximate surface area is 185 Å². The predicted molar refractivity (Wildman–Crippen MR) is 128 cm³/mol. The lowest BCUT2D eigenvalue weighted by Crippen LogP contribution is -2.56. The van der Waals surface area contributed by atoms with Crippen molar-refractivity contribution in [3.05, 3.63) is 36.0 Å². The summed E-state index contributed by atoms with van der Waals surface area (Å²) in [6, 6.07) is 8.47. The van der Waals surface area contributed by atoms with Gasteiger partial charge in [-0.15, -0.1) is 24.0 Å². The van der Waals surface area contributed by atoms with Gasteiger partial charge in [-0.25, -0.2) is 0 Å². The summed E-state index contributed by atoms with van der Waals surface area (Å²) in [7, 11) is 1.83. The van der Waals surface area contributed by atoms with Crippen LogP contribution in [-0.2, 0) is 11.2 Å². The zero-order valence-electron chi connectivity index (χ0n) is 17.3. The lowest BCUT2D eigenvalue weighted by atomic mass is 10.0. The fraction of sp³-hybridized carbons (Fsp3) is 0.571. The van der Waals surface area contributed by atoms with Crippen LogP contribution in [0.25, 0.3) is 10.9 Å². The summed E-state index contributed by atoms with van der Waals surface area (Å²) >= 11 is 0. The molecular formula is C21H34IN5O. The Kier molecular flexibility index (Phi) is 9.04. The average Bonchev–Trinajstić information content (AvgIpc) is 3.11. The van der Waals surface area contributed by atoms with Gasteiger partial charge in [0.2, 0.25) is 0 Å². The summed E-state index contributed by atoms with van der Waals surface area (Å²) in [5.74, 6) is 0.871. The van der Waals surface area contributed by atoms with E-state index in [1.165, 1.54) is 16.5 Å². The summed E-state index contributed by atoms with van der Waals surface area (Å²) in [6.07, 6.45) is 4.24. The predicted octanol–water partition coefficient (Wildman–Crippen LogP) is 2.99. The van der Waals surface area contributed by atoms with Crippen LogP contribution in [0.1, 0.15) is 25.8 Å². The van der Waals surface area contributed by atoms with Crippen molar-refractivity contribution in [2.24, 2.45) is 4.99 Å². The number of para-hydroxylation sites is 1. The topological polar surface area (TPSA) is 64.7 Å². The number of benzene rings is 1. The van der Waals surface area contributed by atoms with Crippen molar-refractivity contribution in [2.75, 3.05) is 46.4 Å². The molecule has 2 heterocycles. The normalized spacial score (nSPS) is 16.0. The summed E-state index contributed by atoms with van der Waals surface area (Å²) in [5, 5.41) is 8.25. The molecule has 1 aliphatic rings. The van der Waals surface area contributed by atoms with Crippen molar-refractivity contribution < 1.29 is 4.74 Å². The third-order valence-electron chi connectivity index (χ3n) is 5.37. The average molecular weight is 499 g/mol. The van der Waals surface area contributed by atoms with Crippen LogP contribution in [0.4, 0.5) is 0 Å². The summed E-state index contributed by atoms with van der Waals surface area (Å²) in [5.41, 5.74) is 2.66. The zero-order valence-corrected chi connectivity index (χ0v) is 19.6. The van der Waals surface area contributed by atoms with E-state index in [0.29, 0.717) is 0 Å². The third-order valence-corrected chi connectivity index (χ3v) is 5.37. The van der Waals surface area contributed by atoms with Crippen LogP contribution < -0.4 is 10.6 Å². The Morgan fingerprint density at radius 2 is 1.96 bits per heavy atom. The molecule has 28 heavy (non-hydrogen) atoms. The molecule has 0 bridgehead atoms. The number of hydrogen-bond donors (Lipinski definition) is 3. The first-order valence-electron chi connectivity index (χ1n) is 9.92. The number of halogens is 1. The van der Waals surface area contributed by atoms with Crippen LogP contribution in [0, 0.1) is 0 Å². The van der Waals surface area contributed by atoms with E-state index in [-0.39, 0.29) is 29.5 Å². The molecule has 1 aliphatic heterocycles. The smallest absolute Gasteiger partial charge is 0.191 e. The second-order valence-electron chi connectivity index (χ2n) is 7.73. The number of morpholine rings is 1. The van der Waals surface area contributed by atoms with Gasteiger partial charge in [0.15, 0.2) is 5.96 Å². The maximum atomic E-state index is 5.46. The van der Waals surface area contributed by atoms with Crippen molar-refractivity contribution in [3.63, 3.8) is 0 Å². The molecule has 0 aliphatic carbocycles. The monoisotopic (exact) mass is 499 g/mol. The molecule has 1 saturated heterocycles. The molecule has 1 fully saturated rings. The highest BCUT2D eigenvalue weighted by Gasteiger charge is 2.28. The molecule has 7 heteroatoms. The Hall–Kier alpha value is -1.32. The van der Waals surface area contributed by atoms with E-state index in [4.69, 9.17) is 4.74 Å². The summed E-state index contributed by atoms with van der Waals surface area (Å²) in [4.78, 5) is 10.2. The summed E-state index contributed by atoms with van der Waals surface area (Å²) < 4.78 is 5.46. The maximum absolute atomic E-state index is 5.46. The molecule has 6 nitrogen and oxygen atoms in total. The molecular weight excluding hydrogens is 465 g/mol. The van der Waals surface area contributed by atoms with Crippen LogP contribution in [0.2, 0.25) is 0 Å². The largest absolute Gasteiger partial charge is 0.379 e. The van der Waals surface area contributed by atoms with E-state index in [9.17, 15) is 0 Å². The molecule has 156 valence electrons. The standard InChI is InChI=1S/C21H33N5O.HI/c1-21(2,26-11-13-27-14-12-26)16-25-20(22-3)23-10-6-7-17-15-24-19-9-5-4-8-18(17)19;/h4-5,8-9,15,24H,6-7,10-14,16H2,1-3H3,(H2,22,23,25);1H. The van der Waals surface area contributed by atoms with Gasteiger partial charge >= 0.3 is 0 Å². The first-order valence-corrected chi connectivity index (χ1v) is 9.92. The van der Waals surface area contributed by atoms with Gasteiger partial charge in [0.1, 0.15) is 0 Å². The van der Waals surface area contributed by atoms with Gasteiger partial charge in [0.25, 0.3) is 0 Å². The molecule has 1 aromatic carbocycles. The van der Waals surface area contributed by atoms with Crippen LogP contribution >= 0.6 is 24.0 Å². The molecule has 0 spiro atoms. The van der Waals surface area contributed by atoms with Gasteiger partial charge < -0.3 is 20.4 Å². The first kappa shape index (κ1) is 23.0. The molecule has 0 amide bonds. The van der Waals surface area contributed by atoms with Crippen molar-refractivity contribution >= 4 is 40.8 Å². The molecule has 0 radical (unpaired) electrons. The Morgan fingerprint density at radius 3 is 2.71 bits per heavy atom. The quantitative estimate of drug-likeness (QED) is 0.237. The number of aliphatic imine (C=N–C) groups is 1. The van der Waals surface area contributed by atoms with Crippen molar-refractivity contribution in [2.45, 2.75) is 32.2 Å². The van der Waals surface area contributed by atoms with Crippen molar-refractivity contribution in [1.29, 1.82) is 0 Å². The SMILES string of the molecule is CN=C(NCCCc1c[nH]c2ccccc12)NCC(C)(C)N1CCOCC1.I. The van der Waals surface area contributed by atoms with Crippen molar-refractivity contribution in [1.82, 2.24) is 20.5 Å². The van der Waals surface area contributed by atoms with Crippen LogP contribution in [0.3, 0.4) is 0 Å². The lowest BCUT2D eigenvalue weighted by Gasteiger charge is -2.41. The second-order valence-corrected chi connectivity index (χ2v) is 7.73. The lowest BCUT2D eigenvalue weighted by molar-refractivity contribution is -0.00833. The number of ether oxygens (including phenoxy) is 1. The van der Waals surface area contributed by atoms with Gasteiger partial charge in [-0.2, -0.15) is 0 Å². The molecule has 2 aromatic rings. The number of H-pyrrole nitrogens is 1. The fourth-order valence-electron chi connectivity index (χ4n) is 3.63. The molecule has 1 aromatic heterocycles. The highest BCUT2D eigenvalue weighted by molar-refractivity contribution is 14.0. The maximum Gasteiger partial charge on any atom is 0.191 e. The molecule has 3 rings (SSSR count). The van der Waals surface area contributed by atoms with E-state index >= 15 is 0 Å². The number of nitrogens with zero attached hydrogens (tertiary/aromatic N) is 2. The number of guanidine groups is 1. The van der Waals surface area contributed by atoms with Gasteiger partial charge in [-0.1, -0.05) is 18.2 Å². The summed E-state index contributed by atoms with van der Waals surface area (Å²) in [6.45, 7) is 9.93. The number of nitrogens with one attached hydrogen (secondary N) is 3. The molecule has 0 unspecified atom stereocenters. The molecule has 0 saturated carbocycles. The van der Waals surface area contributed by atoms with Crippen LogP contribution in [0.15, 0.2) is 35.5 Å². The number of aromatic amines is 1. The second kappa shape index (κ2) is 11.0. The number of aromatic nitrogens is 1. The molecule has 0 atom stereocenters. The highest BCUT2D eigenvalue weighted by Crippen LogP contribution is 2.18. The fourth-order valence-corrected chi connectivity index (χ4v) is 3.63. The number of fused-ring (bicyclic) bond motifs is 1. The Bertz CT molecular complexity index is 752. The van der Waals surface area contributed by atoms with E-state index in [1.807, 2.05) is 7.05 Å². The van der Waals surface area contributed by atoms with Gasteiger partial charge in [0, 0.05) is 55.9 Å². The minimum atomic E-state index is 0. The van der Waals surface area contributed by atoms with E-state index in [0.717, 1.165) is 58.2 Å². The molecule has 3 N–H and O–H groups in total. The van der Waals surface area contributed by atoms with Crippen LogP contribution in [0.5, 0.6) is 0 Å². The Balaban J connectivity index is 0.00000280. The Morgan fingerprint density at radius 1 is 1.21 bits per heavy atom. The first-order chi connectivity index (χ1) is 13.1. The highest BCUT2D eigenvalue weighted by atomic mass is 127. The minimum Gasteiger partial charge on any atom is -0.379 e. The number of hydrogen-bond acceptors (Lipinski definition) is 3. The van der Waals surface area contributed by atoms with E-state index < -0.39 is 0 Å². The van der Waals surface area contributed by atoms with E-state index in [1.54, 1.807) is 0 Å². The van der Waals surface area contributed by atoms with Gasteiger partial charge in [0.05, 0.1) is 13.2 Å². The van der Waals surface area contributed by atoms with Gasteiger partial charge in [-0.3, -0.25) is 9.89 Å². The number of rotatable bonds is 7.